The van der Waals surface area contributed by atoms with Gasteiger partial charge in [0.1, 0.15) is 0 Å². The third-order valence-electron chi connectivity index (χ3n) is 2.79. The van der Waals surface area contributed by atoms with E-state index in [4.69, 9.17) is 28.9 Å². The summed E-state index contributed by atoms with van der Waals surface area (Å²) >= 11 is 11.6. The number of hydrazone groups is 1. The molecule has 0 spiro atoms. The van der Waals surface area contributed by atoms with Crippen LogP contribution in [0.2, 0.25) is 10.0 Å². The molecule has 0 aromatic heterocycles. The van der Waals surface area contributed by atoms with Crippen LogP contribution in [0.15, 0.2) is 41.5 Å². The second-order valence-electron chi connectivity index (χ2n) is 4.54. The van der Waals surface area contributed by atoms with Crippen molar-refractivity contribution < 1.29 is 9.90 Å². The molecule has 0 aliphatic heterocycles. The number of nitrogens with one attached hydrogen (secondary N) is 1. The fraction of sp³-hybridized carbons (Fsp3) is 0.0667. The Balaban J connectivity index is 1.94. The molecule has 0 fully saturated rings. The van der Waals surface area contributed by atoms with Crippen LogP contribution in [-0.2, 0) is 11.2 Å². The number of nitrogens with zero attached hydrogens (tertiary/aromatic N) is 1. The maximum Gasteiger partial charge on any atom is 0.244 e. The lowest BCUT2D eigenvalue weighted by Gasteiger charge is -2.02. The highest BCUT2D eigenvalue weighted by molar-refractivity contribution is 6.37. The van der Waals surface area contributed by atoms with Crippen molar-refractivity contribution in [3.8, 4) is 5.75 Å². The lowest BCUT2D eigenvalue weighted by molar-refractivity contribution is -0.120. The van der Waals surface area contributed by atoms with Crippen molar-refractivity contribution in [1.82, 2.24) is 5.43 Å². The molecule has 0 radical (unpaired) electrons. The summed E-state index contributed by atoms with van der Waals surface area (Å²) in [6, 6.07) is 9.98. The molecule has 0 aliphatic carbocycles. The Morgan fingerprint density at radius 2 is 1.82 bits per heavy atom. The molecule has 0 saturated heterocycles. The van der Waals surface area contributed by atoms with E-state index in [-0.39, 0.29) is 28.1 Å². The van der Waals surface area contributed by atoms with Crippen LogP contribution in [0.3, 0.4) is 0 Å². The quantitative estimate of drug-likeness (QED) is 0.455. The summed E-state index contributed by atoms with van der Waals surface area (Å²) in [4.78, 5) is 11.7. The van der Waals surface area contributed by atoms with E-state index in [1.807, 2.05) is 0 Å². The number of amides is 1. The maximum absolute atomic E-state index is 11.7. The molecule has 1 amide bonds. The smallest absolute Gasteiger partial charge is 0.244 e. The summed E-state index contributed by atoms with van der Waals surface area (Å²) in [6.45, 7) is 0. The number of hydrogen-bond donors (Lipinski definition) is 3. The first kappa shape index (κ1) is 16.1. The van der Waals surface area contributed by atoms with Crippen molar-refractivity contribution >= 4 is 41.0 Å². The van der Waals surface area contributed by atoms with Gasteiger partial charge >= 0.3 is 0 Å². The molecule has 22 heavy (non-hydrogen) atoms. The van der Waals surface area contributed by atoms with Crippen molar-refractivity contribution in [2.75, 3.05) is 5.73 Å². The summed E-state index contributed by atoms with van der Waals surface area (Å²) in [5.74, 6) is -0.454. The molecule has 2 aromatic carbocycles. The van der Waals surface area contributed by atoms with Gasteiger partial charge in [0.05, 0.1) is 22.7 Å². The lowest BCUT2D eigenvalue weighted by atomic mass is 10.1. The van der Waals surface area contributed by atoms with Crippen LogP contribution >= 0.6 is 23.2 Å². The Hall–Kier alpha value is -2.24. The summed E-state index contributed by atoms with van der Waals surface area (Å²) < 4.78 is 0. The number of nitrogens with two attached hydrogens (primary N) is 1. The maximum atomic E-state index is 11.7. The van der Waals surface area contributed by atoms with E-state index in [0.29, 0.717) is 11.3 Å². The molecule has 114 valence electrons. The Morgan fingerprint density at radius 3 is 2.41 bits per heavy atom. The predicted molar refractivity (Wildman–Crippen MR) is 88.4 cm³/mol. The number of rotatable bonds is 4. The molecule has 5 nitrogen and oxygen atoms in total. The Labute approximate surface area is 137 Å². The molecule has 0 atom stereocenters. The number of phenolic OH excluding ortho intramolecular Hbond substituents is 1. The molecule has 0 saturated carbocycles. The summed E-state index contributed by atoms with van der Waals surface area (Å²) in [7, 11) is 0. The van der Waals surface area contributed by atoms with Gasteiger partial charge < -0.3 is 10.8 Å². The number of nitrogen functional groups attached to an aromatic ring is 1. The summed E-state index contributed by atoms with van der Waals surface area (Å²) in [5, 5.41) is 13.5. The molecular formula is C15H13Cl2N3O2. The topological polar surface area (TPSA) is 87.7 Å². The normalized spacial score (nSPS) is 10.8. The van der Waals surface area contributed by atoms with Gasteiger partial charge in [-0.05, 0) is 35.4 Å². The van der Waals surface area contributed by atoms with E-state index in [9.17, 15) is 9.90 Å². The summed E-state index contributed by atoms with van der Waals surface area (Å²) in [6.07, 6.45) is 1.58. The number of carbonyl (C=O) groups is 1. The van der Waals surface area contributed by atoms with Crippen LogP contribution in [0.1, 0.15) is 11.1 Å². The molecule has 2 aromatic rings. The molecule has 0 bridgehead atoms. The van der Waals surface area contributed by atoms with Gasteiger partial charge in [0, 0.05) is 5.69 Å². The zero-order chi connectivity index (χ0) is 16.1. The van der Waals surface area contributed by atoms with E-state index in [0.717, 1.165) is 5.56 Å². The largest absolute Gasteiger partial charge is 0.505 e. The zero-order valence-electron chi connectivity index (χ0n) is 11.4. The molecule has 0 aliphatic rings. The van der Waals surface area contributed by atoms with E-state index in [1.165, 1.54) is 18.3 Å². The van der Waals surface area contributed by atoms with E-state index < -0.39 is 0 Å². The van der Waals surface area contributed by atoms with Crippen LogP contribution < -0.4 is 11.2 Å². The van der Waals surface area contributed by atoms with Gasteiger partial charge in [0.25, 0.3) is 0 Å². The second kappa shape index (κ2) is 7.15. The van der Waals surface area contributed by atoms with Crippen molar-refractivity contribution in [3.05, 3.63) is 57.6 Å². The van der Waals surface area contributed by atoms with Crippen molar-refractivity contribution in [1.29, 1.82) is 0 Å². The third-order valence-corrected chi connectivity index (χ3v) is 3.36. The number of halogens is 2. The first-order valence-corrected chi connectivity index (χ1v) is 7.05. The first-order valence-electron chi connectivity index (χ1n) is 6.30. The Bertz CT molecular complexity index is 692. The minimum absolute atomic E-state index is 0.113. The third kappa shape index (κ3) is 4.38. The van der Waals surface area contributed by atoms with Crippen molar-refractivity contribution in [3.63, 3.8) is 0 Å². The van der Waals surface area contributed by atoms with Crippen molar-refractivity contribution in [2.45, 2.75) is 6.42 Å². The number of hydrogen-bond acceptors (Lipinski definition) is 4. The number of carbonyl (C=O) groups excluding carboxylic acids is 1. The number of phenols is 1. The fourth-order valence-corrected chi connectivity index (χ4v) is 2.20. The van der Waals surface area contributed by atoms with Gasteiger partial charge in [-0.15, -0.1) is 0 Å². The van der Waals surface area contributed by atoms with Gasteiger partial charge in [0.15, 0.2) is 5.75 Å². The molecule has 4 N–H and O–H groups in total. The van der Waals surface area contributed by atoms with Gasteiger partial charge in [-0.25, -0.2) is 5.43 Å². The lowest BCUT2D eigenvalue weighted by Crippen LogP contribution is -2.19. The van der Waals surface area contributed by atoms with Gasteiger partial charge in [-0.2, -0.15) is 5.10 Å². The average molecular weight is 338 g/mol. The highest BCUT2D eigenvalue weighted by Crippen LogP contribution is 2.32. The predicted octanol–water partition coefficient (Wildman–Crippen LogP) is 2.97. The second-order valence-corrected chi connectivity index (χ2v) is 5.36. The number of aromatic hydroxyl groups is 1. The van der Waals surface area contributed by atoms with Crippen LogP contribution in [0, 0.1) is 0 Å². The molecule has 0 unspecified atom stereocenters. The van der Waals surface area contributed by atoms with Crippen LogP contribution in [0.5, 0.6) is 5.75 Å². The fourth-order valence-electron chi connectivity index (χ4n) is 1.70. The number of anilines is 1. The van der Waals surface area contributed by atoms with Crippen LogP contribution in [0.4, 0.5) is 5.69 Å². The van der Waals surface area contributed by atoms with Gasteiger partial charge in [-0.3, -0.25) is 4.79 Å². The van der Waals surface area contributed by atoms with Crippen LogP contribution in [0.25, 0.3) is 0 Å². The van der Waals surface area contributed by atoms with E-state index >= 15 is 0 Å². The highest BCUT2D eigenvalue weighted by atomic mass is 35.5. The van der Waals surface area contributed by atoms with E-state index in [1.54, 1.807) is 24.3 Å². The van der Waals surface area contributed by atoms with Gasteiger partial charge in [0.2, 0.25) is 5.91 Å². The van der Waals surface area contributed by atoms with Crippen LogP contribution in [-0.4, -0.2) is 17.2 Å². The molecule has 0 heterocycles. The highest BCUT2D eigenvalue weighted by Gasteiger charge is 2.05. The zero-order valence-corrected chi connectivity index (χ0v) is 12.9. The molecule has 2 rings (SSSR count). The molecule has 7 heteroatoms. The van der Waals surface area contributed by atoms with Gasteiger partial charge in [-0.1, -0.05) is 35.3 Å². The Kier molecular flexibility index (Phi) is 5.25. The first-order chi connectivity index (χ1) is 10.5. The van der Waals surface area contributed by atoms with Crippen molar-refractivity contribution in [2.24, 2.45) is 5.10 Å². The minimum atomic E-state index is -0.267. The molecular weight excluding hydrogens is 325 g/mol. The average Bonchev–Trinajstić information content (AvgIpc) is 2.47. The SMILES string of the molecule is Nc1ccc(CC(=O)N/N=C\c2cc(Cl)c(O)c(Cl)c2)cc1. The minimum Gasteiger partial charge on any atom is -0.505 e. The monoisotopic (exact) mass is 337 g/mol. The standard InChI is InChI=1S/C15H13Cl2N3O2/c16-12-5-10(6-13(17)15(12)22)8-19-20-14(21)7-9-1-3-11(18)4-2-9/h1-6,8,22H,7,18H2,(H,20,21)/b19-8-. The Morgan fingerprint density at radius 1 is 1.23 bits per heavy atom. The summed E-state index contributed by atoms with van der Waals surface area (Å²) in [5.41, 5.74) is 10.0. The van der Waals surface area contributed by atoms with E-state index in [2.05, 4.69) is 10.5 Å². The number of benzene rings is 2.